The van der Waals surface area contributed by atoms with Crippen LogP contribution in [0.25, 0.3) is 0 Å². The van der Waals surface area contributed by atoms with Crippen molar-refractivity contribution in [1.82, 2.24) is 0 Å². The van der Waals surface area contributed by atoms with E-state index >= 15 is 0 Å². The monoisotopic (exact) mass is 267 g/mol. The molecule has 0 aliphatic carbocycles. The van der Waals surface area contributed by atoms with Crippen molar-refractivity contribution in [2.75, 3.05) is 19.0 Å². The van der Waals surface area contributed by atoms with Crippen LogP contribution in [0.2, 0.25) is 0 Å². The summed E-state index contributed by atoms with van der Waals surface area (Å²) >= 11 is 0. The first-order valence-corrected chi connectivity index (χ1v) is 7.19. The number of aliphatic hydroxyl groups excluding tert-OH is 1. The summed E-state index contributed by atoms with van der Waals surface area (Å²) in [4.78, 5) is 0.149. The predicted octanol–water partition coefficient (Wildman–Crippen LogP) is 0.592. The van der Waals surface area contributed by atoms with E-state index in [2.05, 4.69) is 0 Å². The first-order valence-electron chi connectivity index (χ1n) is 5.54. The molecule has 1 heterocycles. The van der Waals surface area contributed by atoms with Crippen molar-refractivity contribution in [2.24, 2.45) is 0 Å². The summed E-state index contributed by atoms with van der Waals surface area (Å²) in [6, 6.07) is 8.42. The molecular weight excluding hydrogens is 254 g/mol. The molecule has 1 aromatic rings. The van der Waals surface area contributed by atoms with Crippen LogP contribution >= 0.6 is 0 Å². The lowest BCUT2D eigenvalue weighted by molar-refractivity contribution is -0.0282. The van der Waals surface area contributed by atoms with E-state index in [1.54, 1.807) is 18.2 Å². The highest BCUT2D eigenvalue weighted by atomic mass is 32.2. The lowest BCUT2D eigenvalue weighted by Gasteiger charge is -2.32. The van der Waals surface area contributed by atoms with Crippen molar-refractivity contribution < 1.29 is 18.3 Å². The number of rotatable bonds is 3. The van der Waals surface area contributed by atoms with Gasteiger partial charge in [0.1, 0.15) is 6.07 Å². The fourth-order valence-electron chi connectivity index (χ4n) is 2.11. The number of sulfone groups is 1. The van der Waals surface area contributed by atoms with Gasteiger partial charge in [0.25, 0.3) is 0 Å². The van der Waals surface area contributed by atoms with E-state index in [-0.39, 0.29) is 30.3 Å². The second-order valence-corrected chi connectivity index (χ2v) is 6.15. The maximum absolute atomic E-state index is 11.9. The van der Waals surface area contributed by atoms with Gasteiger partial charge in [0.15, 0.2) is 15.4 Å². The van der Waals surface area contributed by atoms with Gasteiger partial charge in [0.05, 0.1) is 23.9 Å². The number of nitrogens with zero attached hydrogens (tertiary/aromatic N) is 1. The molecule has 0 aromatic heterocycles. The van der Waals surface area contributed by atoms with Crippen molar-refractivity contribution in [1.29, 1.82) is 5.26 Å². The minimum Gasteiger partial charge on any atom is -0.394 e. The Morgan fingerprint density at radius 2 is 2.17 bits per heavy atom. The summed E-state index contributed by atoms with van der Waals surface area (Å²) in [6.45, 7) is -0.208. The van der Waals surface area contributed by atoms with Crippen molar-refractivity contribution >= 4 is 9.84 Å². The van der Waals surface area contributed by atoms with E-state index < -0.39 is 15.4 Å². The fourth-order valence-corrected chi connectivity index (χ4v) is 3.74. The minimum atomic E-state index is -3.34. The van der Waals surface area contributed by atoms with E-state index in [1.807, 2.05) is 6.07 Å². The van der Waals surface area contributed by atoms with Crippen LogP contribution in [0.4, 0.5) is 0 Å². The molecule has 0 bridgehead atoms. The number of nitriles is 1. The number of hydrogen-bond acceptors (Lipinski definition) is 5. The Kier molecular flexibility index (Phi) is 3.39. The van der Waals surface area contributed by atoms with Gasteiger partial charge >= 0.3 is 0 Å². The fraction of sp³-hybridized carbons (Fsp3) is 0.417. The molecule has 6 heteroatoms. The molecule has 2 rings (SSSR count). The van der Waals surface area contributed by atoms with E-state index in [1.165, 1.54) is 6.07 Å². The lowest BCUT2D eigenvalue weighted by atomic mass is 9.91. The van der Waals surface area contributed by atoms with E-state index in [0.717, 1.165) is 0 Å². The maximum Gasteiger partial charge on any atom is 0.181 e. The van der Waals surface area contributed by atoms with E-state index in [0.29, 0.717) is 5.56 Å². The van der Waals surface area contributed by atoms with Gasteiger partial charge in [-0.1, -0.05) is 18.2 Å². The van der Waals surface area contributed by atoms with Gasteiger partial charge < -0.3 is 9.84 Å². The van der Waals surface area contributed by atoms with Crippen LogP contribution in [0.5, 0.6) is 0 Å². The van der Waals surface area contributed by atoms with E-state index in [4.69, 9.17) is 9.84 Å². The Bertz CT molecular complexity index is 590. The molecule has 96 valence electrons. The zero-order valence-electron chi connectivity index (χ0n) is 9.67. The van der Waals surface area contributed by atoms with E-state index in [9.17, 15) is 13.7 Å². The Balaban J connectivity index is 2.57. The van der Waals surface area contributed by atoms with Crippen LogP contribution in [-0.4, -0.2) is 32.5 Å². The zero-order valence-corrected chi connectivity index (χ0v) is 10.5. The van der Waals surface area contributed by atoms with Gasteiger partial charge in [-0.25, -0.2) is 8.42 Å². The smallest absolute Gasteiger partial charge is 0.181 e. The molecule has 0 radical (unpaired) electrons. The second kappa shape index (κ2) is 4.69. The van der Waals surface area contributed by atoms with Gasteiger partial charge in [0, 0.05) is 12.0 Å². The first-order chi connectivity index (χ1) is 8.56. The third kappa shape index (κ3) is 2.01. The molecule has 1 aromatic carbocycles. The van der Waals surface area contributed by atoms with Crippen molar-refractivity contribution in [3.05, 3.63) is 29.8 Å². The first kappa shape index (κ1) is 13.0. The summed E-state index contributed by atoms with van der Waals surface area (Å²) in [5, 5.41) is 18.1. The molecule has 0 spiro atoms. The zero-order chi connectivity index (χ0) is 13.2. The molecule has 0 saturated heterocycles. The number of aliphatic hydroxyl groups is 1. The Hall–Kier alpha value is -1.42. The molecule has 1 unspecified atom stereocenters. The normalized spacial score (nSPS) is 25.1. The molecule has 0 saturated carbocycles. The van der Waals surface area contributed by atoms with Gasteiger partial charge in [-0.3, -0.25) is 0 Å². The quantitative estimate of drug-likeness (QED) is 0.866. The number of fused-ring (bicyclic) bond motifs is 1. The number of ether oxygens (including phenoxy) is 1. The standard InChI is InChI=1S/C12H13NO4S/c13-9-12(17-7-6-14)5-8-18(15,16)11-4-2-1-3-10(11)12/h1-4,14H,5-8H2. The Labute approximate surface area is 106 Å². The van der Waals surface area contributed by atoms with Crippen LogP contribution < -0.4 is 0 Å². The Morgan fingerprint density at radius 3 is 2.83 bits per heavy atom. The molecule has 1 atom stereocenters. The second-order valence-electron chi connectivity index (χ2n) is 4.08. The van der Waals surface area contributed by atoms with Gasteiger partial charge in [-0.2, -0.15) is 5.26 Å². The molecule has 5 nitrogen and oxygen atoms in total. The lowest BCUT2D eigenvalue weighted by Crippen LogP contribution is -2.37. The van der Waals surface area contributed by atoms with Crippen LogP contribution in [0.3, 0.4) is 0 Å². The van der Waals surface area contributed by atoms with Gasteiger partial charge in [-0.05, 0) is 6.07 Å². The summed E-state index contributed by atoms with van der Waals surface area (Å²) in [6.07, 6.45) is 0.0862. The van der Waals surface area contributed by atoms with Crippen molar-refractivity contribution in [3.8, 4) is 6.07 Å². The van der Waals surface area contributed by atoms with Crippen LogP contribution in [0.15, 0.2) is 29.2 Å². The SMILES string of the molecule is N#CC1(OCCO)CCS(=O)(=O)c2ccccc21. The Morgan fingerprint density at radius 1 is 1.44 bits per heavy atom. The van der Waals surface area contributed by atoms with Crippen molar-refractivity contribution in [3.63, 3.8) is 0 Å². The summed E-state index contributed by atoms with van der Waals surface area (Å²) in [5.41, 5.74) is -0.905. The molecule has 1 aliphatic rings. The molecule has 1 aliphatic heterocycles. The third-order valence-corrected chi connectivity index (χ3v) is 4.77. The largest absolute Gasteiger partial charge is 0.394 e. The third-order valence-electron chi connectivity index (χ3n) is 3.00. The van der Waals surface area contributed by atoms with Gasteiger partial charge in [0.2, 0.25) is 0 Å². The minimum absolute atomic E-state index is 0.00193. The molecule has 0 amide bonds. The number of benzene rings is 1. The van der Waals surface area contributed by atoms with Gasteiger partial charge in [-0.15, -0.1) is 0 Å². The molecular formula is C12H13NO4S. The van der Waals surface area contributed by atoms with Crippen LogP contribution in [-0.2, 0) is 20.2 Å². The highest BCUT2D eigenvalue weighted by Crippen LogP contribution is 2.39. The average molecular weight is 267 g/mol. The summed E-state index contributed by atoms with van der Waals surface area (Å²) in [7, 11) is -3.34. The number of hydrogen-bond donors (Lipinski definition) is 1. The van der Waals surface area contributed by atoms with Crippen LogP contribution in [0, 0.1) is 11.3 Å². The summed E-state index contributed by atoms with van der Waals surface area (Å²) < 4.78 is 29.3. The molecule has 1 N–H and O–H groups in total. The molecule has 18 heavy (non-hydrogen) atoms. The topological polar surface area (TPSA) is 87.4 Å². The highest BCUT2D eigenvalue weighted by molar-refractivity contribution is 7.91. The maximum atomic E-state index is 11.9. The summed E-state index contributed by atoms with van der Waals surface area (Å²) in [5.74, 6) is -0.122. The highest BCUT2D eigenvalue weighted by Gasteiger charge is 2.43. The van der Waals surface area contributed by atoms with Crippen molar-refractivity contribution in [2.45, 2.75) is 16.9 Å². The predicted molar refractivity (Wildman–Crippen MR) is 63.4 cm³/mol. The average Bonchev–Trinajstić information content (AvgIpc) is 2.39. The van der Waals surface area contributed by atoms with Crippen LogP contribution in [0.1, 0.15) is 12.0 Å². The molecule has 0 fully saturated rings.